The summed E-state index contributed by atoms with van der Waals surface area (Å²) < 4.78 is 0. The summed E-state index contributed by atoms with van der Waals surface area (Å²) in [5.41, 5.74) is 8.44. The van der Waals surface area contributed by atoms with E-state index in [2.05, 4.69) is 11.4 Å². The molecule has 0 aromatic heterocycles. The molecule has 0 saturated heterocycles. The number of anilines is 2. The van der Waals surface area contributed by atoms with Gasteiger partial charge in [0, 0.05) is 12.2 Å². The molecule has 5 nitrogen and oxygen atoms in total. The lowest BCUT2D eigenvalue weighted by Crippen LogP contribution is -2.32. The van der Waals surface area contributed by atoms with Crippen molar-refractivity contribution in [2.24, 2.45) is 5.73 Å². The fourth-order valence-electron chi connectivity index (χ4n) is 2.74. The molecule has 3 rings (SSSR count). The molecular formula is C17H17N3O2. The molecular weight excluding hydrogens is 278 g/mol. The molecule has 5 heteroatoms. The maximum absolute atomic E-state index is 12.2. The second kappa shape index (κ2) is 5.89. The highest BCUT2D eigenvalue weighted by atomic mass is 16.2. The quantitative estimate of drug-likeness (QED) is 0.903. The van der Waals surface area contributed by atoms with Crippen molar-refractivity contribution in [2.75, 3.05) is 23.3 Å². The number of nitrogens with zero attached hydrogens (tertiary/aromatic N) is 1. The van der Waals surface area contributed by atoms with Crippen LogP contribution in [0.5, 0.6) is 0 Å². The highest BCUT2D eigenvalue weighted by molar-refractivity contribution is 6.03. The molecule has 2 aromatic carbocycles. The van der Waals surface area contributed by atoms with Crippen LogP contribution in [0.15, 0.2) is 48.5 Å². The minimum absolute atomic E-state index is 0.162. The van der Waals surface area contributed by atoms with Crippen LogP contribution in [0.25, 0.3) is 0 Å². The number of nitrogens with two attached hydrogens (primary N) is 1. The Labute approximate surface area is 128 Å². The smallest absolute Gasteiger partial charge is 0.250 e. The van der Waals surface area contributed by atoms with Gasteiger partial charge in [-0.05, 0) is 30.2 Å². The lowest BCUT2D eigenvalue weighted by atomic mass is 10.1. The van der Waals surface area contributed by atoms with Gasteiger partial charge in [0.05, 0.1) is 17.8 Å². The normalized spacial score (nSPS) is 12.8. The first-order chi connectivity index (χ1) is 10.6. The SMILES string of the molecule is NC(=O)c1ccccc1NC(=O)CN1CCc2ccccc21. The predicted molar refractivity (Wildman–Crippen MR) is 85.9 cm³/mol. The van der Waals surface area contributed by atoms with Crippen molar-refractivity contribution >= 4 is 23.2 Å². The third-order valence-corrected chi connectivity index (χ3v) is 3.78. The average molecular weight is 295 g/mol. The van der Waals surface area contributed by atoms with Gasteiger partial charge in [0.2, 0.25) is 5.91 Å². The molecule has 22 heavy (non-hydrogen) atoms. The van der Waals surface area contributed by atoms with Crippen LogP contribution in [-0.2, 0) is 11.2 Å². The second-order valence-corrected chi connectivity index (χ2v) is 5.26. The first kappa shape index (κ1) is 14.1. The van der Waals surface area contributed by atoms with E-state index >= 15 is 0 Å². The number of nitrogens with one attached hydrogen (secondary N) is 1. The molecule has 112 valence electrons. The van der Waals surface area contributed by atoms with Crippen LogP contribution in [0.1, 0.15) is 15.9 Å². The molecule has 0 radical (unpaired) electrons. The summed E-state index contributed by atoms with van der Waals surface area (Å²) in [5.74, 6) is -0.715. The van der Waals surface area contributed by atoms with Crippen LogP contribution < -0.4 is 16.0 Å². The lowest BCUT2D eigenvalue weighted by molar-refractivity contribution is -0.115. The Hall–Kier alpha value is -2.82. The van der Waals surface area contributed by atoms with Gasteiger partial charge in [-0.25, -0.2) is 0 Å². The van der Waals surface area contributed by atoms with E-state index in [0.29, 0.717) is 11.3 Å². The summed E-state index contributed by atoms with van der Waals surface area (Å²) in [5, 5.41) is 2.77. The van der Waals surface area contributed by atoms with Crippen LogP contribution in [0.4, 0.5) is 11.4 Å². The molecule has 2 amide bonds. The number of rotatable bonds is 4. The molecule has 0 aliphatic carbocycles. The van der Waals surface area contributed by atoms with Gasteiger partial charge >= 0.3 is 0 Å². The van der Waals surface area contributed by atoms with Gasteiger partial charge in [-0.2, -0.15) is 0 Å². The molecule has 0 spiro atoms. The van der Waals surface area contributed by atoms with Crippen molar-refractivity contribution in [3.8, 4) is 0 Å². The van der Waals surface area contributed by atoms with Crippen LogP contribution in [0.3, 0.4) is 0 Å². The number of amides is 2. The Morgan fingerprint density at radius 1 is 1.09 bits per heavy atom. The highest BCUT2D eigenvalue weighted by Crippen LogP contribution is 2.27. The summed E-state index contributed by atoms with van der Waals surface area (Å²) >= 11 is 0. The Morgan fingerprint density at radius 2 is 1.82 bits per heavy atom. The van der Waals surface area contributed by atoms with E-state index < -0.39 is 5.91 Å². The average Bonchev–Trinajstić information content (AvgIpc) is 2.91. The zero-order valence-corrected chi connectivity index (χ0v) is 12.1. The molecule has 1 aliphatic rings. The second-order valence-electron chi connectivity index (χ2n) is 5.26. The first-order valence-electron chi connectivity index (χ1n) is 7.16. The van der Waals surface area contributed by atoms with Gasteiger partial charge in [-0.15, -0.1) is 0 Å². The van der Waals surface area contributed by atoms with Crippen LogP contribution in [-0.4, -0.2) is 24.9 Å². The Morgan fingerprint density at radius 3 is 2.64 bits per heavy atom. The van der Waals surface area contributed by atoms with Crippen molar-refractivity contribution in [1.82, 2.24) is 0 Å². The number of carbonyl (C=O) groups is 2. The molecule has 0 saturated carbocycles. The molecule has 0 bridgehead atoms. The summed E-state index contributed by atoms with van der Waals surface area (Å²) in [6.07, 6.45) is 0.946. The Balaban J connectivity index is 1.71. The van der Waals surface area contributed by atoms with E-state index in [1.165, 1.54) is 5.56 Å². The van der Waals surface area contributed by atoms with Crippen molar-refractivity contribution in [3.63, 3.8) is 0 Å². The number of primary amides is 1. The topological polar surface area (TPSA) is 75.4 Å². The van der Waals surface area contributed by atoms with Crippen molar-refractivity contribution < 1.29 is 9.59 Å². The maximum atomic E-state index is 12.2. The molecule has 0 unspecified atom stereocenters. The molecule has 3 N–H and O–H groups in total. The van der Waals surface area contributed by atoms with Gasteiger partial charge in [0.1, 0.15) is 0 Å². The number of hydrogen-bond donors (Lipinski definition) is 2. The number of hydrogen-bond acceptors (Lipinski definition) is 3. The van der Waals surface area contributed by atoms with Crippen LogP contribution >= 0.6 is 0 Å². The zero-order valence-electron chi connectivity index (χ0n) is 12.1. The summed E-state index contributed by atoms with van der Waals surface area (Å²) in [6, 6.07) is 14.8. The lowest BCUT2D eigenvalue weighted by Gasteiger charge is -2.19. The third-order valence-electron chi connectivity index (χ3n) is 3.78. The summed E-state index contributed by atoms with van der Waals surface area (Å²) in [4.78, 5) is 25.7. The number of carbonyl (C=O) groups excluding carboxylic acids is 2. The molecule has 2 aromatic rings. The van der Waals surface area contributed by atoms with E-state index in [0.717, 1.165) is 18.7 Å². The van der Waals surface area contributed by atoms with Crippen LogP contribution in [0, 0.1) is 0 Å². The van der Waals surface area contributed by atoms with Gasteiger partial charge in [-0.1, -0.05) is 30.3 Å². The van der Waals surface area contributed by atoms with Crippen molar-refractivity contribution in [2.45, 2.75) is 6.42 Å². The van der Waals surface area contributed by atoms with E-state index in [4.69, 9.17) is 5.73 Å². The van der Waals surface area contributed by atoms with Crippen molar-refractivity contribution in [1.29, 1.82) is 0 Å². The largest absolute Gasteiger partial charge is 0.366 e. The van der Waals surface area contributed by atoms with Gasteiger partial charge in [0.25, 0.3) is 5.91 Å². The van der Waals surface area contributed by atoms with Gasteiger partial charge in [0.15, 0.2) is 0 Å². The van der Waals surface area contributed by atoms with E-state index in [1.54, 1.807) is 24.3 Å². The van der Waals surface area contributed by atoms with Crippen molar-refractivity contribution in [3.05, 3.63) is 59.7 Å². The molecule has 1 heterocycles. The highest BCUT2D eigenvalue weighted by Gasteiger charge is 2.21. The zero-order chi connectivity index (χ0) is 15.5. The first-order valence-corrected chi connectivity index (χ1v) is 7.16. The minimum atomic E-state index is -0.553. The number of benzene rings is 2. The van der Waals surface area contributed by atoms with E-state index in [-0.39, 0.29) is 12.5 Å². The Kier molecular flexibility index (Phi) is 3.78. The molecule has 0 atom stereocenters. The molecule has 1 aliphatic heterocycles. The van der Waals surface area contributed by atoms with E-state index in [1.807, 2.05) is 23.1 Å². The fraction of sp³-hybridized carbons (Fsp3) is 0.176. The monoisotopic (exact) mass is 295 g/mol. The summed E-state index contributed by atoms with van der Waals surface area (Å²) in [7, 11) is 0. The third kappa shape index (κ3) is 2.79. The fourth-order valence-corrected chi connectivity index (χ4v) is 2.74. The minimum Gasteiger partial charge on any atom is -0.366 e. The number of para-hydroxylation sites is 2. The summed E-state index contributed by atoms with van der Waals surface area (Å²) in [6.45, 7) is 1.08. The van der Waals surface area contributed by atoms with Gasteiger partial charge in [-0.3, -0.25) is 9.59 Å². The van der Waals surface area contributed by atoms with Crippen LogP contribution in [0.2, 0.25) is 0 Å². The standard InChI is InChI=1S/C17H17N3O2/c18-17(22)13-6-2-3-7-14(13)19-16(21)11-20-10-9-12-5-1-4-8-15(12)20/h1-8H,9-11H2,(H2,18,22)(H,19,21). The van der Waals surface area contributed by atoms with E-state index in [9.17, 15) is 9.59 Å². The number of fused-ring (bicyclic) bond motifs is 1. The Bertz CT molecular complexity index is 727. The van der Waals surface area contributed by atoms with Gasteiger partial charge < -0.3 is 16.0 Å². The molecule has 0 fully saturated rings. The predicted octanol–water partition coefficient (Wildman–Crippen LogP) is 1.79. The maximum Gasteiger partial charge on any atom is 0.250 e.